The van der Waals surface area contributed by atoms with E-state index in [1.807, 2.05) is 0 Å². The van der Waals surface area contributed by atoms with Crippen molar-refractivity contribution in [3.63, 3.8) is 0 Å². The number of carbonyl (C=O) groups excluding carboxylic acids is 1. The van der Waals surface area contributed by atoms with Gasteiger partial charge in [-0.05, 0) is 72.1 Å². The van der Waals surface area contributed by atoms with Gasteiger partial charge < -0.3 is 5.32 Å². The number of benzene rings is 4. The van der Waals surface area contributed by atoms with E-state index in [9.17, 15) is 26.4 Å². The van der Waals surface area contributed by atoms with Crippen molar-refractivity contribution in [2.24, 2.45) is 0 Å². The molecule has 39 heavy (non-hydrogen) atoms. The normalized spacial score (nSPS) is 11.7. The number of nitrogens with one attached hydrogen (secondary N) is 1. The van der Waals surface area contributed by atoms with Gasteiger partial charge in [-0.25, -0.2) is 8.42 Å². The molecule has 0 heterocycles. The summed E-state index contributed by atoms with van der Waals surface area (Å²) in [5.74, 6) is -0.474. The van der Waals surface area contributed by atoms with Crippen LogP contribution in [-0.2, 0) is 29.3 Å². The number of hydrogen-bond donors (Lipinski definition) is 1. The molecule has 5 nitrogen and oxygen atoms in total. The Labute approximate surface area is 229 Å². The molecule has 4 aromatic rings. The maximum Gasteiger partial charge on any atom is 0.416 e. The molecule has 1 N–H and O–H groups in total. The van der Waals surface area contributed by atoms with Crippen molar-refractivity contribution >= 4 is 33.2 Å². The maximum atomic E-state index is 13.6. The van der Waals surface area contributed by atoms with Crippen LogP contribution in [0.2, 0.25) is 5.02 Å². The number of aryl methyl sites for hydroxylation is 1. The zero-order chi connectivity index (χ0) is 28.2. The van der Waals surface area contributed by atoms with Crippen molar-refractivity contribution in [2.75, 3.05) is 4.31 Å². The quantitative estimate of drug-likeness (QED) is 0.247. The summed E-state index contributed by atoms with van der Waals surface area (Å²) in [5.41, 5.74) is 1.56. The van der Waals surface area contributed by atoms with Gasteiger partial charge in [-0.3, -0.25) is 9.10 Å². The first-order valence-electron chi connectivity index (χ1n) is 11.8. The summed E-state index contributed by atoms with van der Waals surface area (Å²) in [6.45, 7) is 1.68. The molecule has 0 bridgehead atoms. The zero-order valence-corrected chi connectivity index (χ0v) is 22.3. The van der Waals surface area contributed by atoms with E-state index in [0.29, 0.717) is 27.4 Å². The summed E-state index contributed by atoms with van der Waals surface area (Å²) < 4.78 is 67.4. The fourth-order valence-corrected chi connectivity index (χ4v) is 5.64. The molecular weight excluding hydrogens is 549 g/mol. The highest BCUT2D eigenvalue weighted by Gasteiger charge is 2.30. The lowest BCUT2D eigenvalue weighted by molar-refractivity contribution is -0.137. The number of rotatable bonds is 8. The van der Waals surface area contributed by atoms with Gasteiger partial charge in [0.05, 0.1) is 22.7 Å². The summed E-state index contributed by atoms with van der Waals surface area (Å²) in [7, 11) is -3.96. The zero-order valence-electron chi connectivity index (χ0n) is 20.7. The Morgan fingerprint density at radius 3 is 2.23 bits per heavy atom. The van der Waals surface area contributed by atoms with Crippen LogP contribution in [0.1, 0.15) is 32.6 Å². The summed E-state index contributed by atoms with van der Waals surface area (Å²) in [6, 6.07) is 24.1. The number of carbonyl (C=O) groups is 1. The van der Waals surface area contributed by atoms with Crippen molar-refractivity contribution in [1.29, 1.82) is 0 Å². The van der Waals surface area contributed by atoms with Crippen LogP contribution in [-0.4, -0.2) is 14.3 Å². The second-order valence-corrected chi connectivity index (χ2v) is 11.1. The average Bonchev–Trinajstić information content (AvgIpc) is 2.92. The van der Waals surface area contributed by atoms with Gasteiger partial charge in [0.2, 0.25) is 0 Å². The topological polar surface area (TPSA) is 66.5 Å². The average molecular weight is 573 g/mol. The highest BCUT2D eigenvalue weighted by atomic mass is 35.5. The highest BCUT2D eigenvalue weighted by Crippen LogP contribution is 2.31. The van der Waals surface area contributed by atoms with Crippen LogP contribution in [0.3, 0.4) is 0 Å². The molecule has 0 aromatic heterocycles. The Kier molecular flexibility index (Phi) is 8.32. The Morgan fingerprint density at radius 2 is 1.56 bits per heavy atom. The fourth-order valence-electron chi connectivity index (χ4n) is 3.94. The largest absolute Gasteiger partial charge is 0.416 e. The molecular formula is C29H24ClF3N2O3S. The lowest BCUT2D eigenvalue weighted by Crippen LogP contribution is -2.31. The minimum atomic E-state index is -4.47. The third-order valence-electron chi connectivity index (χ3n) is 6.02. The Bertz CT molecular complexity index is 1580. The summed E-state index contributed by atoms with van der Waals surface area (Å²) in [4.78, 5) is 12.7. The van der Waals surface area contributed by atoms with Crippen LogP contribution in [0.4, 0.5) is 18.9 Å². The van der Waals surface area contributed by atoms with E-state index < -0.39 is 27.7 Å². The van der Waals surface area contributed by atoms with Crippen molar-refractivity contribution in [2.45, 2.75) is 31.1 Å². The van der Waals surface area contributed by atoms with Gasteiger partial charge in [-0.1, -0.05) is 60.1 Å². The molecule has 0 saturated heterocycles. The molecule has 0 saturated carbocycles. The smallest absolute Gasteiger partial charge is 0.348 e. The third-order valence-corrected chi connectivity index (χ3v) is 8.03. The van der Waals surface area contributed by atoms with Gasteiger partial charge in [0.1, 0.15) is 0 Å². The second-order valence-electron chi connectivity index (χ2n) is 8.83. The minimum absolute atomic E-state index is 0.0233. The number of nitrogens with zero attached hydrogens (tertiary/aromatic N) is 1. The van der Waals surface area contributed by atoms with E-state index in [4.69, 9.17) is 11.6 Å². The Morgan fingerprint density at radius 1 is 0.872 bits per heavy atom. The Hall–Kier alpha value is -3.82. The first-order chi connectivity index (χ1) is 18.4. The standard InChI is InChI=1S/C29H24ClF3N2O3S/c1-20-10-15-25(30)17-27(20)35(39(37,38)26-8-3-2-4-9-26)19-21-11-13-23(14-12-21)28(36)34-18-22-6-5-7-24(16-22)29(31,32)33/h2-17H,18-19H2,1H3,(H,34,36). The van der Waals surface area contributed by atoms with Gasteiger partial charge in [-0.15, -0.1) is 0 Å². The molecule has 202 valence electrons. The lowest BCUT2D eigenvalue weighted by atomic mass is 10.1. The molecule has 0 atom stereocenters. The molecule has 0 aliphatic carbocycles. The molecule has 0 aliphatic rings. The number of amides is 1. The van der Waals surface area contributed by atoms with E-state index >= 15 is 0 Å². The molecule has 1 amide bonds. The summed E-state index contributed by atoms with van der Waals surface area (Å²) in [5, 5.41) is 3.00. The number of anilines is 1. The summed E-state index contributed by atoms with van der Waals surface area (Å²) in [6.07, 6.45) is -4.47. The molecule has 0 unspecified atom stereocenters. The highest BCUT2D eigenvalue weighted by molar-refractivity contribution is 7.92. The van der Waals surface area contributed by atoms with Gasteiger partial charge in [-0.2, -0.15) is 13.2 Å². The van der Waals surface area contributed by atoms with Crippen molar-refractivity contribution < 1.29 is 26.4 Å². The van der Waals surface area contributed by atoms with E-state index in [1.165, 1.54) is 40.7 Å². The minimum Gasteiger partial charge on any atom is -0.348 e. The number of halogens is 4. The number of alkyl halides is 3. The maximum absolute atomic E-state index is 13.6. The van der Waals surface area contributed by atoms with Crippen molar-refractivity contribution in [3.8, 4) is 0 Å². The fraction of sp³-hybridized carbons (Fsp3) is 0.138. The van der Waals surface area contributed by atoms with Crippen LogP contribution in [0.25, 0.3) is 0 Å². The molecule has 4 aromatic carbocycles. The molecule has 0 radical (unpaired) electrons. The van der Waals surface area contributed by atoms with Crippen LogP contribution in [0.15, 0.2) is 102 Å². The summed E-state index contributed by atoms with van der Waals surface area (Å²) >= 11 is 6.20. The van der Waals surface area contributed by atoms with Gasteiger partial charge >= 0.3 is 6.18 Å². The number of hydrogen-bond acceptors (Lipinski definition) is 3. The van der Waals surface area contributed by atoms with Crippen LogP contribution < -0.4 is 9.62 Å². The predicted octanol–water partition coefficient (Wildman–Crippen LogP) is 6.99. The van der Waals surface area contributed by atoms with Crippen LogP contribution in [0.5, 0.6) is 0 Å². The van der Waals surface area contributed by atoms with E-state index in [1.54, 1.807) is 55.5 Å². The van der Waals surface area contributed by atoms with Crippen LogP contribution in [0, 0.1) is 6.92 Å². The van der Waals surface area contributed by atoms with E-state index in [2.05, 4.69) is 5.32 Å². The van der Waals surface area contributed by atoms with Crippen LogP contribution >= 0.6 is 11.6 Å². The predicted molar refractivity (Wildman–Crippen MR) is 145 cm³/mol. The lowest BCUT2D eigenvalue weighted by Gasteiger charge is -2.26. The van der Waals surface area contributed by atoms with Gasteiger partial charge in [0, 0.05) is 17.1 Å². The van der Waals surface area contributed by atoms with E-state index in [-0.39, 0.29) is 23.5 Å². The van der Waals surface area contributed by atoms with Crippen molar-refractivity contribution in [1.82, 2.24) is 5.32 Å². The monoisotopic (exact) mass is 572 g/mol. The number of sulfonamides is 1. The molecule has 10 heteroatoms. The third kappa shape index (κ3) is 6.79. The van der Waals surface area contributed by atoms with Gasteiger partial charge in [0.15, 0.2) is 0 Å². The molecule has 0 aliphatic heterocycles. The molecule has 0 spiro atoms. The van der Waals surface area contributed by atoms with Crippen molar-refractivity contribution in [3.05, 3.63) is 130 Å². The second kappa shape index (κ2) is 11.5. The van der Waals surface area contributed by atoms with E-state index in [0.717, 1.165) is 12.1 Å². The first-order valence-corrected chi connectivity index (χ1v) is 13.6. The first kappa shape index (κ1) is 28.2. The SMILES string of the molecule is Cc1ccc(Cl)cc1N(Cc1ccc(C(=O)NCc2cccc(C(F)(F)F)c2)cc1)S(=O)(=O)c1ccccc1. The molecule has 0 fully saturated rings. The van der Waals surface area contributed by atoms with Gasteiger partial charge in [0.25, 0.3) is 15.9 Å². The Balaban J connectivity index is 1.54. The molecule has 4 rings (SSSR count).